The predicted molar refractivity (Wildman–Crippen MR) is 29.5 cm³/mol. The van der Waals surface area contributed by atoms with Gasteiger partial charge in [-0.3, -0.25) is 0 Å². The molecule has 0 rings (SSSR count). The highest BCUT2D eigenvalue weighted by Crippen LogP contribution is 2.51. The van der Waals surface area contributed by atoms with Crippen molar-refractivity contribution in [3.05, 3.63) is 0 Å². The first-order chi connectivity index (χ1) is 1.73. The van der Waals surface area contributed by atoms with Crippen molar-refractivity contribution < 1.29 is 0 Å². The average molecular weight is 154 g/mol. The second-order valence-electron chi connectivity index (χ2n) is 0.192. The summed E-state index contributed by atoms with van der Waals surface area (Å²) in [6.45, 7) is 0. The minimum absolute atomic E-state index is 0. The largest absolute Gasteiger partial charge is 0.344 e. The van der Waals surface area contributed by atoms with Crippen LogP contribution in [0.15, 0.2) is 0 Å². The maximum absolute atomic E-state index is 4.87. The van der Waals surface area contributed by atoms with E-state index >= 15 is 0 Å². The van der Waals surface area contributed by atoms with E-state index in [0.29, 0.717) is 0 Å². The van der Waals surface area contributed by atoms with Gasteiger partial charge < -0.3 is 6.15 Å². The van der Waals surface area contributed by atoms with Crippen molar-refractivity contribution in [2.45, 2.75) is 0 Å². The summed E-state index contributed by atoms with van der Waals surface area (Å²) in [5.41, 5.74) is 0. The monoisotopic (exact) mass is 153 g/mol. The molecular weight excluding hydrogens is 151 g/mol. The third kappa shape index (κ3) is 35.2. The van der Waals surface area contributed by atoms with Crippen LogP contribution < -0.4 is 6.15 Å². The van der Waals surface area contributed by atoms with Crippen molar-refractivity contribution in [1.29, 1.82) is 0 Å². The molecule has 0 heterocycles. The van der Waals surface area contributed by atoms with E-state index in [1.54, 1.807) is 0 Å². The summed E-state index contributed by atoms with van der Waals surface area (Å²) in [6, 6.07) is 0. The lowest BCUT2D eigenvalue weighted by molar-refractivity contribution is 2.13. The lowest BCUT2D eigenvalue weighted by atomic mass is 14.0. The smallest absolute Gasteiger partial charge is 0.179 e. The van der Waals surface area contributed by atoms with Gasteiger partial charge in [-0.1, -0.05) is 33.7 Å². The lowest BCUT2D eigenvalue weighted by Crippen LogP contribution is -0.958. The molecule has 0 aromatic heterocycles. The highest BCUT2D eigenvalue weighted by atomic mass is 36.0. The molecule has 5 heteroatoms. The zero-order valence-corrected chi connectivity index (χ0v) is 5.45. The minimum atomic E-state index is -1.20. The van der Waals surface area contributed by atoms with Crippen LogP contribution in [0, 0.1) is 0 Å². The van der Waals surface area contributed by atoms with Crippen LogP contribution >= 0.6 is 39.7 Å². The molecule has 0 aliphatic rings. The molecule has 5 heavy (non-hydrogen) atoms. The van der Waals surface area contributed by atoms with Gasteiger partial charge >= 0.3 is 0 Å². The molecule has 0 bridgehead atoms. The summed E-state index contributed by atoms with van der Waals surface area (Å²) in [5.74, 6) is -1.20. The van der Waals surface area contributed by atoms with Crippen LogP contribution in [-0.4, -0.2) is 0 Å². The number of hydrogen-bond acceptors (Lipinski definition) is 1. The Kier molecular flexibility index (Phi) is 10.0. The quantitative estimate of drug-likeness (QED) is 0.535. The molecular formula is H3Cl3NP. The standard InChI is InChI=1S/Cl3P.H3N/c1-4(2)3;/h;1H3. The van der Waals surface area contributed by atoms with Crippen LogP contribution in [0.1, 0.15) is 0 Å². The van der Waals surface area contributed by atoms with Crippen LogP contribution in [0.4, 0.5) is 0 Å². The Labute approximate surface area is 46.3 Å². The molecule has 0 unspecified atom stereocenters. The molecule has 3 N–H and O–H groups in total. The van der Waals surface area contributed by atoms with Gasteiger partial charge in [0.25, 0.3) is 0 Å². The Hall–Kier alpha value is 1.26. The molecule has 0 radical (unpaired) electrons. The molecule has 0 saturated carbocycles. The van der Waals surface area contributed by atoms with Gasteiger partial charge in [0, 0.05) is 0 Å². The van der Waals surface area contributed by atoms with Crippen LogP contribution in [0.2, 0.25) is 0 Å². The normalized spacial score (nSPS) is 7.20. The molecule has 0 saturated heterocycles. The Bertz CT molecular complexity index is 11.6. The van der Waals surface area contributed by atoms with Gasteiger partial charge in [0.1, 0.15) is 0 Å². The molecule has 34 valence electrons. The second-order valence-corrected chi connectivity index (χ2v) is 5.17. The molecule has 0 aromatic carbocycles. The Morgan fingerprint density at radius 2 is 1.00 bits per heavy atom. The zero-order chi connectivity index (χ0) is 3.58. The third-order valence-corrected chi connectivity index (χ3v) is 0. The maximum Gasteiger partial charge on any atom is 0.179 e. The van der Waals surface area contributed by atoms with Crippen molar-refractivity contribution in [1.82, 2.24) is 6.15 Å². The fraction of sp³-hybridized carbons (Fsp3) is 0. The molecule has 0 aliphatic heterocycles. The molecule has 0 aromatic rings. The van der Waals surface area contributed by atoms with E-state index in [2.05, 4.69) is 0 Å². The lowest BCUT2D eigenvalue weighted by Gasteiger charge is -1.68. The SMILES string of the molecule is ClP(Cl)Cl.N. The van der Waals surface area contributed by atoms with Gasteiger partial charge in [-0.25, -0.2) is 0 Å². The van der Waals surface area contributed by atoms with Gasteiger partial charge in [0.15, 0.2) is 5.98 Å². The maximum atomic E-state index is 4.87. The van der Waals surface area contributed by atoms with E-state index in [9.17, 15) is 0 Å². The van der Waals surface area contributed by atoms with E-state index in [-0.39, 0.29) is 6.15 Å². The van der Waals surface area contributed by atoms with Crippen LogP contribution in [-0.2, 0) is 0 Å². The highest BCUT2D eigenvalue weighted by Gasteiger charge is 1.80. The number of rotatable bonds is 0. The van der Waals surface area contributed by atoms with Gasteiger partial charge in [-0.2, -0.15) is 0 Å². The number of hydrogen-bond donors (Lipinski definition) is 1. The van der Waals surface area contributed by atoms with Crippen molar-refractivity contribution in [2.24, 2.45) is 0 Å². The van der Waals surface area contributed by atoms with Gasteiger partial charge in [0.05, 0.1) is 0 Å². The molecule has 0 aliphatic carbocycles. The summed E-state index contributed by atoms with van der Waals surface area (Å²) in [6.07, 6.45) is 0. The van der Waals surface area contributed by atoms with Crippen LogP contribution in [0.5, 0.6) is 0 Å². The fourth-order valence-electron chi connectivity index (χ4n) is 0. The van der Waals surface area contributed by atoms with Crippen molar-refractivity contribution in [3.8, 4) is 0 Å². The second kappa shape index (κ2) is 5.26. The van der Waals surface area contributed by atoms with E-state index in [1.807, 2.05) is 0 Å². The van der Waals surface area contributed by atoms with Crippen molar-refractivity contribution in [3.63, 3.8) is 0 Å². The Balaban J connectivity index is 0. The zero-order valence-electron chi connectivity index (χ0n) is 2.29. The first-order valence-electron chi connectivity index (χ1n) is 0.507. The van der Waals surface area contributed by atoms with Gasteiger partial charge in [0.2, 0.25) is 0 Å². The van der Waals surface area contributed by atoms with Crippen molar-refractivity contribution in [2.75, 3.05) is 0 Å². The fourth-order valence-corrected chi connectivity index (χ4v) is 0. The topological polar surface area (TPSA) is 35.0 Å². The Morgan fingerprint density at radius 1 is 1.00 bits per heavy atom. The molecule has 0 atom stereocenters. The third-order valence-electron chi connectivity index (χ3n) is 0. The first-order valence-corrected chi connectivity index (χ1v) is 4.56. The molecule has 0 amide bonds. The first kappa shape index (κ1) is 9.54. The van der Waals surface area contributed by atoms with E-state index in [0.717, 1.165) is 0 Å². The van der Waals surface area contributed by atoms with E-state index in [4.69, 9.17) is 33.7 Å². The summed E-state index contributed by atoms with van der Waals surface area (Å²) in [7, 11) is 0. The summed E-state index contributed by atoms with van der Waals surface area (Å²) in [5, 5.41) is 0. The highest BCUT2D eigenvalue weighted by molar-refractivity contribution is 8.20. The van der Waals surface area contributed by atoms with Gasteiger partial charge in [-0.15, -0.1) is 0 Å². The predicted octanol–water partition coefficient (Wildman–Crippen LogP) is 3.09. The Morgan fingerprint density at radius 3 is 1.00 bits per heavy atom. The summed E-state index contributed by atoms with van der Waals surface area (Å²) in [4.78, 5) is 0. The molecule has 0 spiro atoms. The average Bonchev–Trinajstić information content (AvgIpc) is 0.811. The molecule has 1 nitrogen and oxygen atoms in total. The van der Waals surface area contributed by atoms with Crippen LogP contribution in [0.3, 0.4) is 0 Å². The molecule has 0 fully saturated rings. The van der Waals surface area contributed by atoms with Crippen molar-refractivity contribution >= 4 is 39.7 Å². The summed E-state index contributed by atoms with van der Waals surface area (Å²) < 4.78 is 0. The summed E-state index contributed by atoms with van der Waals surface area (Å²) >= 11 is 14.6. The number of halogens is 3. The van der Waals surface area contributed by atoms with E-state index in [1.165, 1.54) is 0 Å². The van der Waals surface area contributed by atoms with Gasteiger partial charge in [-0.05, 0) is 0 Å². The van der Waals surface area contributed by atoms with Crippen LogP contribution in [0.25, 0.3) is 0 Å². The van der Waals surface area contributed by atoms with E-state index < -0.39 is 5.98 Å². The minimum Gasteiger partial charge on any atom is -0.344 e.